The second kappa shape index (κ2) is 6.54. The molecule has 0 spiro atoms. The van der Waals surface area contributed by atoms with Crippen molar-refractivity contribution in [2.45, 2.75) is 13.3 Å². The lowest BCUT2D eigenvalue weighted by Gasteiger charge is -2.12. The van der Waals surface area contributed by atoms with Crippen molar-refractivity contribution in [2.24, 2.45) is 0 Å². The summed E-state index contributed by atoms with van der Waals surface area (Å²) < 4.78 is 0. The van der Waals surface area contributed by atoms with Crippen molar-refractivity contribution >= 4 is 22.6 Å². The van der Waals surface area contributed by atoms with Crippen molar-refractivity contribution < 1.29 is 14.8 Å². The van der Waals surface area contributed by atoms with Crippen molar-refractivity contribution in [3.05, 3.63) is 35.5 Å². The van der Waals surface area contributed by atoms with Crippen LogP contribution in [0.15, 0.2) is 24.3 Å². The van der Waals surface area contributed by atoms with E-state index in [-0.39, 0.29) is 5.56 Å². The van der Waals surface area contributed by atoms with E-state index < -0.39 is 5.97 Å². The molecule has 0 atom stereocenters. The van der Waals surface area contributed by atoms with Gasteiger partial charge in [-0.2, -0.15) is 0 Å². The predicted octanol–water partition coefficient (Wildman–Crippen LogP) is 1.19. The Kier molecular flexibility index (Phi) is 4.75. The quantitative estimate of drug-likeness (QED) is 0.699. The molecule has 0 aliphatic heterocycles. The molecule has 5 nitrogen and oxygen atoms in total. The van der Waals surface area contributed by atoms with Crippen molar-refractivity contribution in [1.29, 1.82) is 0 Å². The van der Waals surface area contributed by atoms with Crippen LogP contribution in [0.3, 0.4) is 0 Å². The number of hydrogen-bond donors (Lipinski definition) is 3. The van der Waals surface area contributed by atoms with Gasteiger partial charge in [0.05, 0.1) is 31.7 Å². The van der Waals surface area contributed by atoms with Gasteiger partial charge in [-0.3, -0.25) is 4.98 Å². The number of hydrogen-bond acceptors (Lipinski definition) is 3. The van der Waals surface area contributed by atoms with Crippen molar-refractivity contribution in [3.8, 4) is 0 Å². The Bertz CT molecular complexity index is 653. The molecular weight excluding hydrogens is 266 g/mol. The van der Waals surface area contributed by atoms with Crippen LogP contribution in [-0.4, -0.2) is 43.2 Å². The lowest BCUT2D eigenvalue weighted by atomic mass is 10.1. The van der Waals surface area contributed by atoms with Gasteiger partial charge in [0, 0.05) is 29.7 Å². The third kappa shape index (κ3) is 3.70. The maximum absolute atomic E-state index is 11.3. The van der Waals surface area contributed by atoms with E-state index in [0.29, 0.717) is 5.52 Å². The molecule has 0 amide bonds. The molecule has 1 aromatic heterocycles. The normalized spacial score (nSPS) is 11.0. The highest BCUT2D eigenvalue weighted by molar-refractivity contribution is 6.05. The Morgan fingerprint density at radius 1 is 1.38 bits per heavy atom. The molecule has 0 radical (unpaired) electrons. The number of carboxylic acid groups (broad SMARTS) is 1. The fraction of sp³-hybridized carbons (Fsp3) is 0.375. The van der Waals surface area contributed by atoms with E-state index in [9.17, 15) is 9.90 Å². The molecule has 3 N–H and O–H groups in total. The largest absolute Gasteiger partial charge is 0.478 e. The van der Waals surface area contributed by atoms with E-state index in [2.05, 4.69) is 24.4 Å². The molecule has 2 aromatic rings. The molecule has 0 aliphatic rings. The summed E-state index contributed by atoms with van der Waals surface area (Å²) in [4.78, 5) is 17.1. The highest BCUT2D eigenvalue weighted by Crippen LogP contribution is 2.25. The van der Waals surface area contributed by atoms with Crippen molar-refractivity contribution in [3.63, 3.8) is 0 Å². The minimum atomic E-state index is -0.944. The smallest absolute Gasteiger partial charge is 0.337 e. The first-order valence-electron chi connectivity index (χ1n) is 7.15. The minimum Gasteiger partial charge on any atom is -0.478 e. The fourth-order valence-corrected chi connectivity index (χ4v) is 2.36. The number of nitrogens with zero attached hydrogens (tertiary/aromatic N) is 1. The van der Waals surface area contributed by atoms with Gasteiger partial charge in [-0.15, -0.1) is 0 Å². The molecule has 0 saturated heterocycles. The van der Waals surface area contributed by atoms with Crippen LogP contribution in [0.4, 0.5) is 5.69 Å². The summed E-state index contributed by atoms with van der Waals surface area (Å²) in [5.41, 5.74) is 2.56. The number of anilines is 1. The zero-order chi connectivity index (χ0) is 15.4. The standard InChI is InChI=1S/C16H21N3O2/c1-11-10-14(17-8-5-9-19(2)3)12-6-4-7-13(16(20)21)15(12)18-11/h4,6-7,10H,5,8-9H2,1-3H3,(H,17,18)(H,20,21)/p+1. The average molecular weight is 288 g/mol. The number of aryl methyl sites for hydroxylation is 1. The molecule has 1 aromatic carbocycles. The molecular formula is C16H22N3O2+. The number of nitrogens with one attached hydrogen (secondary N) is 2. The molecule has 0 fully saturated rings. The Balaban J connectivity index is 2.31. The van der Waals surface area contributed by atoms with Crippen LogP contribution in [0, 0.1) is 6.92 Å². The van der Waals surface area contributed by atoms with Gasteiger partial charge in [-0.1, -0.05) is 12.1 Å². The number of carbonyl (C=O) groups is 1. The van der Waals surface area contributed by atoms with Gasteiger partial charge < -0.3 is 15.3 Å². The van der Waals surface area contributed by atoms with Crippen LogP contribution in [0.1, 0.15) is 22.5 Å². The first-order chi connectivity index (χ1) is 9.99. The third-order valence-electron chi connectivity index (χ3n) is 3.37. The van der Waals surface area contributed by atoms with E-state index in [0.717, 1.165) is 36.3 Å². The highest BCUT2D eigenvalue weighted by atomic mass is 16.4. The fourth-order valence-electron chi connectivity index (χ4n) is 2.36. The lowest BCUT2D eigenvalue weighted by Crippen LogP contribution is -3.05. The van der Waals surface area contributed by atoms with Crippen LogP contribution >= 0.6 is 0 Å². The first kappa shape index (κ1) is 15.3. The summed E-state index contributed by atoms with van der Waals surface area (Å²) in [5.74, 6) is -0.944. The molecule has 0 aliphatic carbocycles. The number of aromatic carboxylic acids is 1. The molecule has 112 valence electrons. The monoisotopic (exact) mass is 288 g/mol. The molecule has 0 bridgehead atoms. The van der Waals surface area contributed by atoms with Gasteiger partial charge in [0.1, 0.15) is 0 Å². The Morgan fingerprint density at radius 3 is 2.81 bits per heavy atom. The second-order valence-corrected chi connectivity index (χ2v) is 5.56. The van der Waals surface area contributed by atoms with Gasteiger partial charge >= 0.3 is 5.97 Å². The number of para-hydroxylation sites is 1. The molecule has 2 rings (SSSR count). The van der Waals surface area contributed by atoms with E-state index in [1.165, 1.54) is 4.90 Å². The second-order valence-electron chi connectivity index (χ2n) is 5.56. The van der Waals surface area contributed by atoms with E-state index >= 15 is 0 Å². The predicted molar refractivity (Wildman–Crippen MR) is 84.2 cm³/mol. The van der Waals surface area contributed by atoms with Crippen LogP contribution in [0.25, 0.3) is 10.9 Å². The Morgan fingerprint density at radius 2 is 2.14 bits per heavy atom. The lowest BCUT2D eigenvalue weighted by molar-refractivity contribution is -0.858. The molecule has 5 heteroatoms. The Labute approximate surface area is 124 Å². The number of rotatable bonds is 6. The maximum atomic E-state index is 11.3. The average Bonchev–Trinajstić information content (AvgIpc) is 2.42. The first-order valence-corrected chi connectivity index (χ1v) is 7.15. The number of aromatic nitrogens is 1. The number of quaternary nitrogens is 1. The van der Waals surface area contributed by atoms with Crippen LogP contribution in [0.2, 0.25) is 0 Å². The third-order valence-corrected chi connectivity index (χ3v) is 3.37. The SMILES string of the molecule is Cc1cc(NCCC[NH+](C)C)c2cccc(C(=O)O)c2n1. The van der Waals surface area contributed by atoms with Gasteiger partial charge in [-0.25, -0.2) is 4.79 Å². The summed E-state index contributed by atoms with van der Waals surface area (Å²) in [7, 11) is 4.26. The highest BCUT2D eigenvalue weighted by Gasteiger charge is 2.12. The summed E-state index contributed by atoms with van der Waals surface area (Å²) in [6.45, 7) is 3.84. The van der Waals surface area contributed by atoms with Gasteiger partial charge in [0.25, 0.3) is 0 Å². The topological polar surface area (TPSA) is 66.7 Å². The number of pyridine rings is 1. The number of benzene rings is 1. The summed E-state index contributed by atoms with van der Waals surface area (Å²) in [6, 6.07) is 7.23. The maximum Gasteiger partial charge on any atom is 0.337 e. The van der Waals surface area contributed by atoms with Crippen molar-refractivity contribution in [2.75, 3.05) is 32.5 Å². The summed E-state index contributed by atoms with van der Waals surface area (Å²) in [6.07, 6.45) is 1.06. The van der Waals surface area contributed by atoms with Gasteiger partial charge in [0.2, 0.25) is 0 Å². The van der Waals surface area contributed by atoms with Crippen LogP contribution in [-0.2, 0) is 0 Å². The van der Waals surface area contributed by atoms with Gasteiger partial charge in [-0.05, 0) is 19.1 Å². The molecule has 1 heterocycles. The van der Waals surface area contributed by atoms with Crippen molar-refractivity contribution in [1.82, 2.24) is 4.98 Å². The minimum absolute atomic E-state index is 0.247. The number of carboxylic acids is 1. The molecule has 0 unspecified atom stereocenters. The van der Waals surface area contributed by atoms with E-state index in [4.69, 9.17) is 0 Å². The zero-order valence-corrected chi connectivity index (χ0v) is 12.7. The van der Waals surface area contributed by atoms with Crippen LogP contribution in [0.5, 0.6) is 0 Å². The van der Waals surface area contributed by atoms with Crippen LogP contribution < -0.4 is 10.2 Å². The van der Waals surface area contributed by atoms with E-state index in [1.807, 2.05) is 19.1 Å². The molecule has 21 heavy (non-hydrogen) atoms. The van der Waals surface area contributed by atoms with E-state index in [1.54, 1.807) is 12.1 Å². The Hall–Kier alpha value is -2.14. The summed E-state index contributed by atoms with van der Waals surface area (Å²) in [5, 5.41) is 13.5. The molecule has 0 saturated carbocycles. The van der Waals surface area contributed by atoms with Gasteiger partial charge in [0.15, 0.2) is 0 Å². The summed E-state index contributed by atoms with van der Waals surface area (Å²) >= 11 is 0. The number of fused-ring (bicyclic) bond motifs is 1. The zero-order valence-electron chi connectivity index (χ0n) is 12.7.